The molecule has 0 saturated carbocycles. The molecule has 0 fully saturated rings. The van der Waals surface area contributed by atoms with Crippen LogP contribution in [0.1, 0.15) is 62.3 Å². The average Bonchev–Trinajstić information content (AvgIpc) is 3.02. The van der Waals surface area contributed by atoms with Crippen LogP contribution in [0.4, 0.5) is 14.6 Å². The lowest BCUT2D eigenvalue weighted by Gasteiger charge is -2.18. The van der Waals surface area contributed by atoms with E-state index in [1.165, 1.54) is 12.1 Å². The Kier molecular flexibility index (Phi) is 6.11. The summed E-state index contributed by atoms with van der Waals surface area (Å²) in [7, 11) is 0. The second kappa shape index (κ2) is 8.32. The second-order valence-electron chi connectivity index (χ2n) is 8.63. The van der Waals surface area contributed by atoms with E-state index in [9.17, 15) is 23.8 Å². The molecule has 0 unspecified atom stereocenters. The van der Waals surface area contributed by atoms with Crippen molar-refractivity contribution in [2.45, 2.75) is 58.3 Å². The number of rotatable bonds is 7. The van der Waals surface area contributed by atoms with Crippen molar-refractivity contribution in [1.82, 2.24) is 14.8 Å². The summed E-state index contributed by atoms with van der Waals surface area (Å²) in [5.41, 5.74) is -1.47. The zero-order valence-corrected chi connectivity index (χ0v) is 17.9. The van der Waals surface area contributed by atoms with E-state index in [-0.39, 0.29) is 5.69 Å². The molecule has 1 aromatic carbocycles. The summed E-state index contributed by atoms with van der Waals surface area (Å²) in [4.78, 5) is 16.5. The molecule has 7 nitrogen and oxygen atoms in total. The molecule has 2 heterocycles. The Labute approximate surface area is 178 Å². The first-order chi connectivity index (χ1) is 14.3. The number of aromatic nitrogens is 3. The van der Waals surface area contributed by atoms with Crippen molar-refractivity contribution in [3.63, 3.8) is 0 Å². The first kappa shape index (κ1) is 22.8. The topological polar surface area (TPSA) is 100 Å². The highest BCUT2D eigenvalue weighted by atomic mass is 19.3. The number of anilines is 1. The molecule has 0 atom stereocenters. The number of aliphatic hydroxyl groups is 2. The lowest BCUT2D eigenvalue weighted by Crippen LogP contribution is -2.23. The largest absolute Gasteiger partial charge is 0.390 e. The third kappa shape index (κ3) is 5.42. The quantitative estimate of drug-likeness (QED) is 0.524. The number of fused-ring (bicyclic) bond motifs is 1. The number of carbonyl (C=O) groups is 1. The van der Waals surface area contributed by atoms with Crippen molar-refractivity contribution in [3.05, 3.63) is 53.3 Å². The molecule has 3 aromatic rings. The highest BCUT2D eigenvalue weighted by molar-refractivity contribution is 6.07. The Morgan fingerprint density at radius 1 is 1.16 bits per heavy atom. The maximum Gasteiger partial charge on any atom is 0.280 e. The van der Waals surface area contributed by atoms with Crippen molar-refractivity contribution < 1.29 is 23.8 Å². The molecule has 0 aliphatic carbocycles. The van der Waals surface area contributed by atoms with E-state index in [0.717, 1.165) is 6.07 Å². The molecule has 3 N–H and O–H groups in total. The van der Waals surface area contributed by atoms with E-state index in [0.29, 0.717) is 35.2 Å². The zero-order chi connectivity index (χ0) is 23.0. The predicted molar refractivity (Wildman–Crippen MR) is 113 cm³/mol. The SMILES string of the molecule is CC(C)(O)CCn1nc2cc(C(C)(C)O)ccc2c1NC(=O)c1cccc(C(F)F)n1. The number of halogens is 2. The molecule has 1 amide bonds. The van der Waals surface area contributed by atoms with E-state index >= 15 is 0 Å². The molecule has 2 aromatic heterocycles. The molecule has 31 heavy (non-hydrogen) atoms. The lowest BCUT2D eigenvalue weighted by molar-refractivity contribution is 0.0653. The molecule has 0 aliphatic rings. The van der Waals surface area contributed by atoms with Gasteiger partial charge >= 0.3 is 0 Å². The van der Waals surface area contributed by atoms with Crippen molar-refractivity contribution in [3.8, 4) is 0 Å². The first-order valence-corrected chi connectivity index (χ1v) is 9.87. The molecule has 0 saturated heterocycles. The molecular formula is C22H26F2N4O3. The van der Waals surface area contributed by atoms with Crippen molar-refractivity contribution >= 4 is 22.6 Å². The van der Waals surface area contributed by atoms with E-state index < -0.39 is 29.2 Å². The van der Waals surface area contributed by atoms with Gasteiger partial charge in [-0.25, -0.2) is 18.4 Å². The maximum absolute atomic E-state index is 13.0. The predicted octanol–water partition coefficient (Wildman–Crippen LogP) is 4.01. The van der Waals surface area contributed by atoms with Gasteiger partial charge in [0.05, 0.1) is 16.7 Å². The first-order valence-electron chi connectivity index (χ1n) is 9.87. The highest BCUT2D eigenvalue weighted by Gasteiger charge is 2.22. The van der Waals surface area contributed by atoms with Gasteiger partial charge in [-0.05, 0) is 63.9 Å². The normalized spacial score (nSPS) is 12.5. The minimum Gasteiger partial charge on any atom is -0.390 e. The number of amides is 1. The van der Waals surface area contributed by atoms with Crippen LogP contribution in [0.3, 0.4) is 0 Å². The Morgan fingerprint density at radius 3 is 2.48 bits per heavy atom. The van der Waals surface area contributed by atoms with Crippen LogP contribution in [0.5, 0.6) is 0 Å². The van der Waals surface area contributed by atoms with E-state index in [1.807, 2.05) is 0 Å². The maximum atomic E-state index is 13.0. The molecule has 166 valence electrons. The van der Waals surface area contributed by atoms with Gasteiger partial charge in [0.15, 0.2) is 0 Å². The van der Waals surface area contributed by atoms with Gasteiger partial charge in [-0.2, -0.15) is 5.10 Å². The van der Waals surface area contributed by atoms with Crippen LogP contribution in [0.15, 0.2) is 36.4 Å². The average molecular weight is 432 g/mol. The minimum absolute atomic E-state index is 0.144. The summed E-state index contributed by atoms with van der Waals surface area (Å²) in [6, 6.07) is 9.05. The van der Waals surface area contributed by atoms with Gasteiger partial charge in [-0.15, -0.1) is 0 Å². The molecule has 0 bridgehead atoms. The van der Waals surface area contributed by atoms with Gasteiger partial charge in [0, 0.05) is 11.9 Å². The van der Waals surface area contributed by atoms with Gasteiger partial charge in [0.2, 0.25) is 0 Å². The van der Waals surface area contributed by atoms with Crippen molar-refractivity contribution in [2.24, 2.45) is 0 Å². The van der Waals surface area contributed by atoms with E-state index in [4.69, 9.17) is 0 Å². The number of benzene rings is 1. The Morgan fingerprint density at radius 2 is 1.87 bits per heavy atom. The van der Waals surface area contributed by atoms with Gasteiger partial charge in [-0.1, -0.05) is 12.1 Å². The van der Waals surface area contributed by atoms with Crippen LogP contribution in [0, 0.1) is 0 Å². The van der Waals surface area contributed by atoms with Crippen LogP contribution in [0.25, 0.3) is 10.9 Å². The number of hydrogen-bond acceptors (Lipinski definition) is 5. The van der Waals surface area contributed by atoms with E-state index in [1.54, 1.807) is 50.6 Å². The number of alkyl halides is 2. The van der Waals surface area contributed by atoms with Gasteiger partial charge in [0.25, 0.3) is 12.3 Å². The Hall–Kier alpha value is -2.91. The number of carbonyl (C=O) groups excluding carboxylic acids is 1. The summed E-state index contributed by atoms with van der Waals surface area (Å²) in [6.07, 6.45) is -2.42. The summed E-state index contributed by atoms with van der Waals surface area (Å²) in [6.45, 7) is 6.95. The highest BCUT2D eigenvalue weighted by Crippen LogP contribution is 2.29. The van der Waals surface area contributed by atoms with Crippen LogP contribution in [-0.4, -0.2) is 36.5 Å². The fourth-order valence-electron chi connectivity index (χ4n) is 3.06. The van der Waals surface area contributed by atoms with Gasteiger partial charge in [0.1, 0.15) is 17.2 Å². The summed E-state index contributed by atoms with van der Waals surface area (Å²) < 4.78 is 27.5. The Bertz CT molecular complexity index is 1100. The van der Waals surface area contributed by atoms with Crippen LogP contribution < -0.4 is 5.32 Å². The number of aryl methyl sites for hydroxylation is 1. The molecule has 0 spiro atoms. The number of pyridine rings is 1. The monoisotopic (exact) mass is 432 g/mol. The van der Waals surface area contributed by atoms with E-state index in [2.05, 4.69) is 15.4 Å². The summed E-state index contributed by atoms with van der Waals surface area (Å²) >= 11 is 0. The standard InChI is InChI=1S/C22H26F2N4O3/c1-21(2,30)10-11-28-19(14-9-8-13(22(3,4)31)12-17(14)27-28)26-20(29)16-7-5-6-15(25-16)18(23)24/h5-9,12,18,30-31H,10-11H2,1-4H3,(H,26,29). The molecule has 3 rings (SSSR count). The number of nitrogens with one attached hydrogen (secondary N) is 1. The number of nitrogens with zero attached hydrogens (tertiary/aromatic N) is 3. The third-order valence-electron chi connectivity index (χ3n) is 4.84. The lowest BCUT2D eigenvalue weighted by atomic mass is 9.97. The Balaban J connectivity index is 2.01. The summed E-state index contributed by atoms with van der Waals surface area (Å²) in [5, 5.41) is 28.2. The van der Waals surface area contributed by atoms with Crippen LogP contribution in [0.2, 0.25) is 0 Å². The van der Waals surface area contributed by atoms with Crippen molar-refractivity contribution in [1.29, 1.82) is 0 Å². The van der Waals surface area contributed by atoms with Crippen LogP contribution in [-0.2, 0) is 12.1 Å². The molecule has 9 heteroatoms. The summed E-state index contributed by atoms with van der Waals surface area (Å²) in [5.74, 6) is -0.295. The van der Waals surface area contributed by atoms with Crippen LogP contribution >= 0.6 is 0 Å². The smallest absolute Gasteiger partial charge is 0.280 e. The molecule has 0 radical (unpaired) electrons. The fourth-order valence-corrected chi connectivity index (χ4v) is 3.06. The third-order valence-corrected chi connectivity index (χ3v) is 4.84. The number of hydrogen-bond donors (Lipinski definition) is 3. The minimum atomic E-state index is -2.79. The van der Waals surface area contributed by atoms with Gasteiger partial charge < -0.3 is 15.5 Å². The van der Waals surface area contributed by atoms with Crippen molar-refractivity contribution in [2.75, 3.05) is 5.32 Å². The molecule has 0 aliphatic heterocycles. The second-order valence-corrected chi connectivity index (χ2v) is 8.63. The zero-order valence-electron chi connectivity index (χ0n) is 17.9. The fraction of sp³-hybridized carbons (Fsp3) is 0.409. The van der Waals surface area contributed by atoms with Gasteiger partial charge in [-0.3, -0.25) is 4.79 Å². The molecular weight excluding hydrogens is 406 g/mol.